The van der Waals surface area contributed by atoms with Gasteiger partial charge in [0.2, 0.25) is 10.0 Å². The molecule has 1 unspecified atom stereocenters. The number of sulfone groups is 1. The van der Waals surface area contributed by atoms with Gasteiger partial charge in [-0.05, 0) is 62.4 Å². The first-order valence-electron chi connectivity index (χ1n) is 8.32. The van der Waals surface area contributed by atoms with Gasteiger partial charge in [0.25, 0.3) is 0 Å². The van der Waals surface area contributed by atoms with Crippen molar-refractivity contribution >= 4 is 19.9 Å². The molecule has 2 aliphatic heterocycles. The average molecular weight is 373 g/mol. The van der Waals surface area contributed by atoms with Crippen molar-refractivity contribution in [3.8, 4) is 0 Å². The van der Waals surface area contributed by atoms with Crippen molar-refractivity contribution in [1.29, 1.82) is 0 Å². The lowest BCUT2D eigenvalue weighted by atomic mass is 9.89. The van der Waals surface area contributed by atoms with Gasteiger partial charge >= 0.3 is 0 Å². The van der Waals surface area contributed by atoms with Gasteiger partial charge in [0.05, 0.1) is 9.79 Å². The van der Waals surface area contributed by atoms with Crippen LogP contribution >= 0.6 is 0 Å². The molecule has 0 spiro atoms. The quantitative estimate of drug-likeness (QED) is 0.860. The third-order valence-corrected chi connectivity index (χ3v) is 8.10. The van der Waals surface area contributed by atoms with Crippen molar-refractivity contribution in [1.82, 2.24) is 9.62 Å². The zero-order chi connectivity index (χ0) is 17.4. The molecular formula is C16H24N2O4S2. The molecule has 2 heterocycles. The highest BCUT2D eigenvalue weighted by atomic mass is 32.2. The van der Waals surface area contributed by atoms with Gasteiger partial charge in [-0.25, -0.2) is 16.8 Å². The number of sulfonamides is 1. The molecule has 0 bridgehead atoms. The van der Waals surface area contributed by atoms with Crippen LogP contribution in [0.4, 0.5) is 0 Å². The van der Waals surface area contributed by atoms with Gasteiger partial charge in [0.15, 0.2) is 9.84 Å². The summed E-state index contributed by atoms with van der Waals surface area (Å²) >= 11 is 0. The standard InChI is InChI=1S/C16H24N2O4S2/c1-23(19,20)14-4-6-15(7-5-14)24(21,22)18-11-8-13(9-12-18)16-3-2-10-17-16/h4-7,13,16-17H,2-3,8-12H2,1H3. The Morgan fingerprint density at radius 1 is 0.958 bits per heavy atom. The zero-order valence-electron chi connectivity index (χ0n) is 13.8. The van der Waals surface area contributed by atoms with E-state index in [0.717, 1.165) is 25.6 Å². The summed E-state index contributed by atoms with van der Waals surface area (Å²) in [6, 6.07) is 6.02. The highest BCUT2D eigenvalue weighted by Gasteiger charge is 2.33. The molecule has 0 aromatic heterocycles. The molecule has 1 aromatic rings. The maximum atomic E-state index is 12.7. The summed E-state index contributed by atoms with van der Waals surface area (Å²) in [6.07, 6.45) is 5.25. The van der Waals surface area contributed by atoms with E-state index in [-0.39, 0.29) is 9.79 Å². The van der Waals surface area contributed by atoms with Crippen LogP contribution in [0.15, 0.2) is 34.1 Å². The predicted octanol–water partition coefficient (Wildman–Crippen LogP) is 1.24. The molecule has 3 rings (SSSR count). The number of nitrogens with zero attached hydrogens (tertiary/aromatic N) is 1. The monoisotopic (exact) mass is 372 g/mol. The summed E-state index contributed by atoms with van der Waals surface area (Å²) in [5.74, 6) is 0.548. The number of benzene rings is 1. The molecule has 0 radical (unpaired) electrons. The number of nitrogens with one attached hydrogen (secondary N) is 1. The fourth-order valence-corrected chi connectivity index (χ4v) is 5.74. The molecule has 2 aliphatic rings. The summed E-state index contributed by atoms with van der Waals surface area (Å²) in [4.78, 5) is 0.291. The van der Waals surface area contributed by atoms with Crippen LogP contribution in [0.5, 0.6) is 0 Å². The summed E-state index contributed by atoms with van der Waals surface area (Å²) in [5, 5.41) is 3.51. The van der Waals surface area contributed by atoms with Crippen LogP contribution in [0.3, 0.4) is 0 Å². The SMILES string of the molecule is CS(=O)(=O)c1ccc(S(=O)(=O)N2CCC(C3CCCN3)CC2)cc1. The Morgan fingerprint density at radius 3 is 2.04 bits per heavy atom. The third kappa shape index (κ3) is 3.66. The van der Waals surface area contributed by atoms with Crippen LogP contribution in [0.25, 0.3) is 0 Å². The van der Waals surface area contributed by atoms with Gasteiger partial charge in [-0.15, -0.1) is 0 Å². The molecule has 134 valence electrons. The summed E-state index contributed by atoms with van der Waals surface area (Å²) in [5.41, 5.74) is 0. The number of rotatable bonds is 4. The Kier molecular flexibility index (Phi) is 5.01. The molecule has 0 aliphatic carbocycles. The normalized spacial score (nSPS) is 24.3. The molecule has 1 aromatic carbocycles. The molecule has 6 nitrogen and oxygen atoms in total. The fraction of sp³-hybridized carbons (Fsp3) is 0.625. The molecule has 0 amide bonds. The van der Waals surface area contributed by atoms with Crippen molar-refractivity contribution in [3.05, 3.63) is 24.3 Å². The van der Waals surface area contributed by atoms with E-state index in [0.29, 0.717) is 25.0 Å². The minimum atomic E-state index is -3.55. The molecule has 2 fully saturated rings. The van der Waals surface area contributed by atoms with E-state index in [2.05, 4.69) is 5.32 Å². The maximum absolute atomic E-state index is 12.7. The summed E-state index contributed by atoms with van der Waals surface area (Å²) < 4.78 is 50.0. The molecule has 2 saturated heterocycles. The number of hydrogen-bond acceptors (Lipinski definition) is 5. The number of piperidine rings is 1. The Balaban J connectivity index is 1.70. The van der Waals surface area contributed by atoms with Crippen molar-refractivity contribution in [2.45, 2.75) is 41.5 Å². The van der Waals surface area contributed by atoms with Crippen LogP contribution in [-0.2, 0) is 19.9 Å². The van der Waals surface area contributed by atoms with E-state index in [1.165, 1.54) is 41.4 Å². The molecule has 0 saturated carbocycles. The van der Waals surface area contributed by atoms with Crippen LogP contribution < -0.4 is 5.32 Å². The van der Waals surface area contributed by atoms with Crippen LogP contribution in [0.1, 0.15) is 25.7 Å². The molecule has 1 atom stereocenters. The minimum Gasteiger partial charge on any atom is -0.314 e. The Morgan fingerprint density at radius 2 is 1.54 bits per heavy atom. The highest BCUT2D eigenvalue weighted by Crippen LogP contribution is 2.29. The van der Waals surface area contributed by atoms with Crippen LogP contribution in [0.2, 0.25) is 0 Å². The average Bonchev–Trinajstić information content (AvgIpc) is 3.09. The lowest BCUT2D eigenvalue weighted by molar-refractivity contribution is 0.234. The minimum absolute atomic E-state index is 0.132. The summed E-state index contributed by atoms with van der Waals surface area (Å²) in [6.45, 7) is 2.12. The maximum Gasteiger partial charge on any atom is 0.243 e. The molecule has 8 heteroatoms. The molecule has 24 heavy (non-hydrogen) atoms. The van der Waals surface area contributed by atoms with Gasteiger partial charge in [-0.3, -0.25) is 0 Å². The Labute approximate surface area is 144 Å². The van der Waals surface area contributed by atoms with Crippen molar-refractivity contribution in [3.63, 3.8) is 0 Å². The zero-order valence-corrected chi connectivity index (χ0v) is 15.4. The van der Waals surface area contributed by atoms with E-state index < -0.39 is 19.9 Å². The van der Waals surface area contributed by atoms with Crippen molar-refractivity contribution < 1.29 is 16.8 Å². The Bertz CT molecular complexity index is 774. The fourth-order valence-electron chi connectivity index (χ4n) is 3.64. The second-order valence-electron chi connectivity index (χ2n) is 6.69. The van der Waals surface area contributed by atoms with Crippen LogP contribution in [-0.4, -0.2) is 53.1 Å². The smallest absolute Gasteiger partial charge is 0.243 e. The largest absolute Gasteiger partial charge is 0.314 e. The highest BCUT2D eigenvalue weighted by molar-refractivity contribution is 7.90. The molecular weight excluding hydrogens is 348 g/mol. The Hall–Kier alpha value is -0.960. The lowest BCUT2D eigenvalue weighted by Gasteiger charge is -2.34. The summed E-state index contributed by atoms with van der Waals surface area (Å²) in [7, 11) is -6.88. The first kappa shape index (κ1) is 17.8. The topological polar surface area (TPSA) is 83.5 Å². The van der Waals surface area contributed by atoms with E-state index in [9.17, 15) is 16.8 Å². The van der Waals surface area contributed by atoms with Gasteiger partial charge < -0.3 is 5.32 Å². The second kappa shape index (κ2) is 6.74. The van der Waals surface area contributed by atoms with Gasteiger partial charge in [0.1, 0.15) is 0 Å². The van der Waals surface area contributed by atoms with Crippen LogP contribution in [0, 0.1) is 5.92 Å². The van der Waals surface area contributed by atoms with Crippen molar-refractivity contribution in [2.24, 2.45) is 5.92 Å². The number of hydrogen-bond donors (Lipinski definition) is 1. The molecule has 1 N–H and O–H groups in total. The van der Waals surface area contributed by atoms with Gasteiger partial charge in [-0.2, -0.15) is 4.31 Å². The van der Waals surface area contributed by atoms with E-state index in [1.807, 2.05) is 0 Å². The van der Waals surface area contributed by atoms with Gasteiger partial charge in [0, 0.05) is 25.4 Å². The lowest BCUT2D eigenvalue weighted by Crippen LogP contribution is -2.43. The first-order valence-corrected chi connectivity index (χ1v) is 11.7. The van der Waals surface area contributed by atoms with Gasteiger partial charge in [-0.1, -0.05) is 0 Å². The second-order valence-corrected chi connectivity index (χ2v) is 10.6. The predicted molar refractivity (Wildman–Crippen MR) is 92.1 cm³/mol. The third-order valence-electron chi connectivity index (χ3n) is 5.06. The van der Waals surface area contributed by atoms with Crippen molar-refractivity contribution in [2.75, 3.05) is 25.9 Å². The van der Waals surface area contributed by atoms with E-state index in [4.69, 9.17) is 0 Å². The first-order chi connectivity index (χ1) is 11.3. The van der Waals surface area contributed by atoms with E-state index in [1.54, 1.807) is 0 Å². The van der Waals surface area contributed by atoms with E-state index >= 15 is 0 Å².